The highest BCUT2D eigenvalue weighted by Crippen LogP contribution is 2.61. The van der Waals surface area contributed by atoms with Gasteiger partial charge in [0.15, 0.2) is 0 Å². The molecule has 1 aromatic carbocycles. The number of ketones is 1. The summed E-state index contributed by atoms with van der Waals surface area (Å²) in [6, 6.07) is 6.63. The third-order valence-corrected chi connectivity index (χ3v) is 6.93. The number of aryl methyl sites for hydroxylation is 1. The molecule has 22 heavy (non-hydrogen) atoms. The van der Waals surface area contributed by atoms with E-state index in [0.29, 0.717) is 29.5 Å². The molecule has 2 saturated carbocycles. The first-order valence-corrected chi connectivity index (χ1v) is 8.74. The van der Waals surface area contributed by atoms with E-state index in [4.69, 9.17) is 4.74 Å². The first kappa shape index (κ1) is 14.3. The van der Waals surface area contributed by atoms with Crippen LogP contribution in [0.5, 0.6) is 5.75 Å². The van der Waals surface area contributed by atoms with E-state index in [-0.39, 0.29) is 5.41 Å². The second-order valence-corrected chi connectivity index (χ2v) is 7.96. The summed E-state index contributed by atoms with van der Waals surface area (Å²) >= 11 is 0. The number of fused-ring (bicyclic) bond motifs is 5. The second-order valence-electron chi connectivity index (χ2n) is 7.96. The molecule has 2 nitrogen and oxygen atoms in total. The number of Topliss-reactive ketones (excluding diaryl/α,β-unsaturated/α-hetero) is 1. The summed E-state index contributed by atoms with van der Waals surface area (Å²) in [5.41, 5.74) is 2.97. The Labute approximate surface area is 133 Å². The van der Waals surface area contributed by atoms with Crippen molar-refractivity contribution < 1.29 is 9.53 Å². The van der Waals surface area contributed by atoms with Crippen LogP contribution in [0.25, 0.3) is 0 Å². The maximum absolute atomic E-state index is 12.5. The number of carbonyl (C=O) groups excluding carboxylic acids is 1. The van der Waals surface area contributed by atoms with E-state index in [1.807, 2.05) is 0 Å². The zero-order valence-electron chi connectivity index (χ0n) is 13.9. The molecular weight excluding hydrogens is 272 g/mol. The van der Waals surface area contributed by atoms with Gasteiger partial charge < -0.3 is 4.74 Å². The van der Waals surface area contributed by atoms with Crippen molar-refractivity contribution in [1.29, 1.82) is 0 Å². The molecule has 3 aliphatic rings. The van der Waals surface area contributed by atoms with E-state index >= 15 is 0 Å². The first-order chi connectivity index (χ1) is 10.5. The van der Waals surface area contributed by atoms with Gasteiger partial charge in [-0.2, -0.15) is 0 Å². The zero-order chi connectivity index (χ0) is 15.5. The zero-order valence-corrected chi connectivity index (χ0v) is 13.9. The quantitative estimate of drug-likeness (QED) is 0.769. The second kappa shape index (κ2) is 4.84. The highest BCUT2D eigenvalue weighted by Gasteiger charge is 2.56. The monoisotopic (exact) mass is 298 g/mol. The lowest BCUT2D eigenvalue weighted by Gasteiger charge is -2.51. The first-order valence-electron chi connectivity index (χ1n) is 8.74. The number of hydrogen-bond donors (Lipinski definition) is 0. The Morgan fingerprint density at radius 3 is 2.82 bits per heavy atom. The summed E-state index contributed by atoms with van der Waals surface area (Å²) in [6.45, 7) is 4.62. The summed E-state index contributed by atoms with van der Waals surface area (Å²) in [6.07, 6.45) is 5.38. The van der Waals surface area contributed by atoms with Crippen molar-refractivity contribution in [2.24, 2.45) is 23.2 Å². The fourth-order valence-corrected chi connectivity index (χ4v) is 6.01. The molecular formula is C20H26O2. The summed E-state index contributed by atoms with van der Waals surface area (Å²) < 4.78 is 5.40. The predicted molar refractivity (Wildman–Crippen MR) is 87.2 cm³/mol. The van der Waals surface area contributed by atoms with Crippen LogP contribution in [0.2, 0.25) is 0 Å². The fraction of sp³-hybridized carbons (Fsp3) is 0.650. The molecule has 4 rings (SSSR count). The SMILES string of the molecule is COc1ccc2c(c1)CC[C@@H]1[C@H]2[C@@H](C)C[C@]2(C)C(=O)CC[C@@H]12. The molecule has 3 aliphatic carbocycles. The van der Waals surface area contributed by atoms with Gasteiger partial charge in [-0.15, -0.1) is 0 Å². The Morgan fingerprint density at radius 2 is 2.05 bits per heavy atom. The molecule has 2 heteroatoms. The van der Waals surface area contributed by atoms with E-state index in [0.717, 1.165) is 31.4 Å². The number of carbonyl (C=O) groups is 1. The van der Waals surface area contributed by atoms with Crippen molar-refractivity contribution in [1.82, 2.24) is 0 Å². The van der Waals surface area contributed by atoms with Crippen molar-refractivity contribution in [2.45, 2.75) is 51.9 Å². The normalized spacial score (nSPS) is 39.9. The smallest absolute Gasteiger partial charge is 0.139 e. The van der Waals surface area contributed by atoms with Gasteiger partial charge in [-0.1, -0.05) is 19.9 Å². The van der Waals surface area contributed by atoms with Crippen LogP contribution in [0.4, 0.5) is 0 Å². The molecule has 5 atom stereocenters. The molecule has 0 saturated heterocycles. The molecule has 0 spiro atoms. The van der Waals surface area contributed by atoms with Crippen LogP contribution in [0.15, 0.2) is 18.2 Å². The van der Waals surface area contributed by atoms with Gasteiger partial charge in [-0.3, -0.25) is 4.79 Å². The van der Waals surface area contributed by atoms with Crippen LogP contribution in [0.3, 0.4) is 0 Å². The summed E-state index contributed by atoms with van der Waals surface area (Å²) in [4.78, 5) is 12.5. The third-order valence-electron chi connectivity index (χ3n) is 6.93. The van der Waals surface area contributed by atoms with Crippen LogP contribution in [0.1, 0.15) is 56.6 Å². The van der Waals surface area contributed by atoms with Crippen molar-refractivity contribution in [3.8, 4) is 5.75 Å². The number of benzene rings is 1. The Hall–Kier alpha value is -1.31. The molecule has 2 fully saturated rings. The van der Waals surface area contributed by atoms with E-state index in [2.05, 4.69) is 32.0 Å². The van der Waals surface area contributed by atoms with E-state index in [9.17, 15) is 4.79 Å². The largest absolute Gasteiger partial charge is 0.497 e. The van der Waals surface area contributed by atoms with Crippen molar-refractivity contribution in [3.05, 3.63) is 29.3 Å². The van der Waals surface area contributed by atoms with Gasteiger partial charge in [0.05, 0.1) is 7.11 Å². The van der Waals surface area contributed by atoms with E-state index in [1.54, 1.807) is 7.11 Å². The number of rotatable bonds is 1. The van der Waals surface area contributed by atoms with Crippen LogP contribution < -0.4 is 4.74 Å². The van der Waals surface area contributed by atoms with E-state index in [1.165, 1.54) is 17.5 Å². The van der Waals surface area contributed by atoms with Gasteiger partial charge in [0.2, 0.25) is 0 Å². The minimum absolute atomic E-state index is 0.0371. The minimum Gasteiger partial charge on any atom is -0.497 e. The van der Waals surface area contributed by atoms with Crippen LogP contribution in [0, 0.1) is 23.2 Å². The molecule has 0 unspecified atom stereocenters. The molecule has 0 radical (unpaired) electrons. The molecule has 0 heterocycles. The van der Waals surface area contributed by atoms with Gasteiger partial charge in [0.25, 0.3) is 0 Å². The van der Waals surface area contributed by atoms with Crippen molar-refractivity contribution >= 4 is 5.78 Å². The maximum atomic E-state index is 12.5. The van der Waals surface area contributed by atoms with Crippen LogP contribution in [-0.2, 0) is 11.2 Å². The average molecular weight is 298 g/mol. The fourth-order valence-electron chi connectivity index (χ4n) is 6.01. The Kier molecular flexibility index (Phi) is 3.15. The molecule has 1 aromatic rings. The maximum Gasteiger partial charge on any atom is 0.139 e. The van der Waals surface area contributed by atoms with Crippen molar-refractivity contribution in [3.63, 3.8) is 0 Å². The topological polar surface area (TPSA) is 26.3 Å². The minimum atomic E-state index is -0.0371. The lowest BCUT2D eigenvalue weighted by Crippen LogP contribution is -2.46. The molecule has 0 bridgehead atoms. The average Bonchev–Trinajstić information content (AvgIpc) is 2.81. The molecule has 0 N–H and O–H groups in total. The Balaban J connectivity index is 1.75. The lowest BCUT2D eigenvalue weighted by molar-refractivity contribution is -0.130. The Bertz CT molecular complexity index is 620. The van der Waals surface area contributed by atoms with Gasteiger partial charge in [-0.05, 0) is 72.6 Å². The van der Waals surface area contributed by atoms with Gasteiger partial charge >= 0.3 is 0 Å². The van der Waals surface area contributed by atoms with Crippen LogP contribution in [-0.4, -0.2) is 12.9 Å². The summed E-state index contributed by atoms with van der Waals surface area (Å²) in [5.74, 6) is 4.04. The predicted octanol–water partition coefficient (Wildman–Crippen LogP) is 4.37. The number of methoxy groups -OCH3 is 1. The van der Waals surface area contributed by atoms with Crippen molar-refractivity contribution in [2.75, 3.05) is 7.11 Å². The highest BCUT2D eigenvalue weighted by atomic mass is 16.5. The summed E-state index contributed by atoms with van der Waals surface area (Å²) in [5, 5.41) is 0. The van der Waals surface area contributed by atoms with Gasteiger partial charge in [-0.25, -0.2) is 0 Å². The standard InChI is InChI=1S/C20H26O2/c1-12-11-20(2)17(8-9-18(20)21)16-6-4-13-10-14(22-3)5-7-15(13)19(12)16/h5,7,10,12,16-17,19H,4,6,8-9,11H2,1-3H3/t12-,16-,17-,19-,20-/m0/s1. The van der Waals surface area contributed by atoms with Gasteiger partial charge in [0, 0.05) is 11.8 Å². The van der Waals surface area contributed by atoms with Crippen LogP contribution >= 0.6 is 0 Å². The molecule has 0 amide bonds. The Morgan fingerprint density at radius 1 is 1.23 bits per heavy atom. The lowest BCUT2D eigenvalue weighted by atomic mass is 9.52. The third kappa shape index (κ3) is 1.82. The van der Waals surface area contributed by atoms with Gasteiger partial charge in [0.1, 0.15) is 11.5 Å². The molecule has 0 aromatic heterocycles. The van der Waals surface area contributed by atoms with E-state index < -0.39 is 0 Å². The number of hydrogen-bond acceptors (Lipinski definition) is 2. The molecule has 118 valence electrons. The molecule has 0 aliphatic heterocycles. The summed E-state index contributed by atoms with van der Waals surface area (Å²) in [7, 11) is 1.74. The number of ether oxygens (including phenoxy) is 1. The highest BCUT2D eigenvalue weighted by molar-refractivity contribution is 5.87.